The lowest BCUT2D eigenvalue weighted by Crippen LogP contribution is -2.28. The van der Waals surface area contributed by atoms with Gasteiger partial charge in [-0.05, 0) is 36.4 Å². The molecule has 2 aromatic rings. The van der Waals surface area contributed by atoms with Crippen LogP contribution in [0.15, 0.2) is 48.5 Å². The Morgan fingerprint density at radius 2 is 1.83 bits per heavy atom. The third kappa shape index (κ3) is 5.24. The van der Waals surface area contributed by atoms with E-state index in [9.17, 15) is 4.79 Å². The van der Waals surface area contributed by atoms with Crippen molar-refractivity contribution in [2.24, 2.45) is 0 Å². The molecule has 0 atom stereocenters. The number of para-hydroxylation sites is 1. The highest BCUT2D eigenvalue weighted by molar-refractivity contribution is 6.30. The van der Waals surface area contributed by atoms with Crippen LogP contribution in [0, 0.1) is 11.8 Å². The van der Waals surface area contributed by atoms with E-state index in [-0.39, 0.29) is 12.6 Å². The number of carbonyl (C=O) groups is 1. The van der Waals surface area contributed by atoms with Gasteiger partial charge in [0.15, 0.2) is 0 Å². The number of urea groups is 1. The molecular weight excluding hydrogens is 310 g/mol. The fraction of sp³-hybridized carbons (Fsp3) is 0.167. The zero-order valence-electron chi connectivity index (χ0n) is 13.1. The third-order valence-electron chi connectivity index (χ3n) is 3.05. The summed E-state index contributed by atoms with van der Waals surface area (Å²) in [5, 5.41) is 6.03. The summed E-state index contributed by atoms with van der Waals surface area (Å²) in [4.78, 5) is 13.8. The first-order valence-corrected chi connectivity index (χ1v) is 7.49. The van der Waals surface area contributed by atoms with E-state index in [0.717, 1.165) is 11.3 Å². The van der Waals surface area contributed by atoms with Crippen LogP contribution in [-0.4, -0.2) is 26.7 Å². The maximum Gasteiger partial charge on any atom is 0.319 e. The molecule has 0 saturated heterocycles. The van der Waals surface area contributed by atoms with Gasteiger partial charge in [-0.3, -0.25) is 0 Å². The first-order chi connectivity index (χ1) is 11.1. The molecule has 118 valence electrons. The second-order valence-corrected chi connectivity index (χ2v) is 5.46. The molecule has 23 heavy (non-hydrogen) atoms. The molecule has 5 heteroatoms. The van der Waals surface area contributed by atoms with Crippen LogP contribution >= 0.6 is 11.6 Å². The topological polar surface area (TPSA) is 44.4 Å². The van der Waals surface area contributed by atoms with Crippen LogP contribution in [0.2, 0.25) is 5.02 Å². The molecule has 0 aromatic heterocycles. The lowest BCUT2D eigenvalue weighted by molar-refractivity contribution is 0.253. The summed E-state index contributed by atoms with van der Waals surface area (Å²) in [5.41, 5.74) is 2.65. The smallest absolute Gasteiger partial charge is 0.319 e. The van der Waals surface area contributed by atoms with Gasteiger partial charge < -0.3 is 15.5 Å². The van der Waals surface area contributed by atoms with Crippen molar-refractivity contribution in [2.75, 3.05) is 30.9 Å². The molecule has 0 heterocycles. The van der Waals surface area contributed by atoms with Crippen LogP contribution in [0.3, 0.4) is 0 Å². The van der Waals surface area contributed by atoms with E-state index >= 15 is 0 Å². The number of benzene rings is 2. The molecule has 0 aliphatic heterocycles. The molecule has 0 aliphatic rings. The van der Waals surface area contributed by atoms with Crippen molar-refractivity contribution in [2.45, 2.75) is 0 Å². The highest BCUT2D eigenvalue weighted by Gasteiger charge is 2.01. The molecule has 0 bridgehead atoms. The van der Waals surface area contributed by atoms with Crippen LogP contribution in [0.4, 0.5) is 16.2 Å². The summed E-state index contributed by atoms with van der Waals surface area (Å²) >= 11 is 5.79. The highest BCUT2D eigenvalue weighted by Crippen LogP contribution is 2.16. The molecule has 0 radical (unpaired) electrons. The van der Waals surface area contributed by atoms with Crippen molar-refractivity contribution < 1.29 is 4.79 Å². The Balaban J connectivity index is 1.88. The number of hydrogen-bond donors (Lipinski definition) is 2. The van der Waals surface area contributed by atoms with Gasteiger partial charge >= 0.3 is 6.03 Å². The van der Waals surface area contributed by atoms with Gasteiger partial charge in [-0.1, -0.05) is 35.6 Å². The van der Waals surface area contributed by atoms with E-state index in [1.165, 1.54) is 0 Å². The van der Waals surface area contributed by atoms with Crippen molar-refractivity contribution in [1.82, 2.24) is 5.32 Å². The van der Waals surface area contributed by atoms with E-state index in [1.807, 2.05) is 43.3 Å². The monoisotopic (exact) mass is 327 g/mol. The van der Waals surface area contributed by atoms with Crippen molar-refractivity contribution in [3.63, 3.8) is 0 Å². The molecule has 4 nitrogen and oxygen atoms in total. The first-order valence-electron chi connectivity index (χ1n) is 7.12. The second kappa shape index (κ2) is 8.11. The largest absolute Gasteiger partial charge is 0.377 e. The first kappa shape index (κ1) is 16.7. The van der Waals surface area contributed by atoms with E-state index in [4.69, 9.17) is 11.6 Å². The van der Waals surface area contributed by atoms with Gasteiger partial charge in [-0.2, -0.15) is 0 Å². The fourth-order valence-corrected chi connectivity index (χ4v) is 2.07. The lowest BCUT2D eigenvalue weighted by atomic mass is 10.1. The molecule has 0 fully saturated rings. The minimum atomic E-state index is -0.303. The van der Waals surface area contributed by atoms with Crippen LogP contribution in [-0.2, 0) is 0 Å². The van der Waals surface area contributed by atoms with Gasteiger partial charge in [0, 0.05) is 30.4 Å². The number of halogens is 1. The molecule has 2 amide bonds. The Kier molecular flexibility index (Phi) is 5.90. The minimum Gasteiger partial charge on any atom is -0.377 e. The van der Waals surface area contributed by atoms with E-state index < -0.39 is 0 Å². The summed E-state index contributed by atoms with van der Waals surface area (Å²) in [5.74, 6) is 6.02. The molecular formula is C18H18ClN3O. The third-order valence-corrected chi connectivity index (χ3v) is 3.30. The van der Waals surface area contributed by atoms with E-state index in [2.05, 4.69) is 22.5 Å². The summed E-state index contributed by atoms with van der Waals surface area (Å²) < 4.78 is 0. The van der Waals surface area contributed by atoms with Gasteiger partial charge in [0.2, 0.25) is 0 Å². The number of amides is 2. The maximum atomic E-state index is 11.8. The Bertz CT molecular complexity index is 730. The zero-order valence-corrected chi connectivity index (χ0v) is 13.8. The SMILES string of the molecule is CN(C)c1ccccc1C#CCNC(=O)Nc1ccc(Cl)cc1. The highest BCUT2D eigenvalue weighted by atomic mass is 35.5. The van der Waals surface area contributed by atoms with Crippen molar-refractivity contribution in [3.8, 4) is 11.8 Å². The quantitative estimate of drug-likeness (QED) is 0.846. The summed E-state index contributed by atoms with van der Waals surface area (Å²) in [6, 6.07) is 14.5. The summed E-state index contributed by atoms with van der Waals surface area (Å²) in [7, 11) is 3.94. The number of anilines is 2. The Hall–Kier alpha value is -2.64. The Morgan fingerprint density at radius 3 is 2.52 bits per heavy atom. The average Bonchev–Trinajstić information content (AvgIpc) is 2.54. The normalized spacial score (nSPS) is 9.52. The average molecular weight is 328 g/mol. The number of carbonyl (C=O) groups excluding carboxylic acids is 1. The second-order valence-electron chi connectivity index (χ2n) is 5.03. The molecule has 2 rings (SSSR count). The zero-order chi connectivity index (χ0) is 16.7. The van der Waals surface area contributed by atoms with Crippen molar-refractivity contribution >= 4 is 29.0 Å². The van der Waals surface area contributed by atoms with Gasteiger partial charge in [0.05, 0.1) is 12.2 Å². The molecule has 0 unspecified atom stereocenters. The summed E-state index contributed by atoms with van der Waals surface area (Å²) in [6.07, 6.45) is 0. The minimum absolute atomic E-state index is 0.265. The number of hydrogen-bond acceptors (Lipinski definition) is 2. The van der Waals surface area contributed by atoms with Crippen molar-refractivity contribution in [3.05, 3.63) is 59.1 Å². The molecule has 2 N–H and O–H groups in total. The molecule has 0 saturated carbocycles. The fourth-order valence-electron chi connectivity index (χ4n) is 1.94. The van der Waals surface area contributed by atoms with Gasteiger partial charge in [-0.15, -0.1) is 0 Å². The van der Waals surface area contributed by atoms with E-state index in [0.29, 0.717) is 10.7 Å². The number of nitrogens with zero attached hydrogens (tertiary/aromatic N) is 1. The van der Waals surface area contributed by atoms with Crippen LogP contribution in [0.5, 0.6) is 0 Å². The predicted octanol–water partition coefficient (Wildman–Crippen LogP) is 3.58. The Labute approximate surface area is 141 Å². The maximum absolute atomic E-state index is 11.8. The van der Waals surface area contributed by atoms with Crippen LogP contribution in [0.1, 0.15) is 5.56 Å². The molecule has 0 aliphatic carbocycles. The van der Waals surface area contributed by atoms with Gasteiger partial charge in [-0.25, -0.2) is 4.79 Å². The Morgan fingerprint density at radius 1 is 1.13 bits per heavy atom. The standard InChI is InChI=1S/C18H18ClN3O/c1-22(2)17-8-4-3-6-14(17)7-5-13-20-18(23)21-16-11-9-15(19)10-12-16/h3-4,6,8-12H,13H2,1-2H3,(H2,20,21,23). The molecule has 0 spiro atoms. The number of rotatable bonds is 3. The van der Waals surface area contributed by atoms with Crippen molar-refractivity contribution in [1.29, 1.82) is 0 Å². The molecule has 2 aromatic carbocycles. The summed E-state index contributed by atoms with van der Waals surface area (Å²) in [6.45, 7) is 0.265. The number of nitrogens with one attached hydrogen (secondary N) is 2. The van der Waals surface area contributed by atoms with E-state index in [1.54, 1.807) is 24.3 Å². The van der Waals surface area contributed by atoms with Gasteiger partial charge in [0.25, 0.3) is 0 Å². The van der Waals surface area contributed by atoms with Gasteiger partial charge in [0.1, 0.15) is 0 Å². The van der Waals surface area contributed by atoms with Crippen LogP contribution in [0.25, 0.3) is 0 Å². The van der Waals surface area contributed by atoms with Crippen LogP contribution < -0.4 is 15.5 Å². The predicted molar refractivity (Wildman–Crippen MR) is 96.1 cm³/mol. The lowest BCUT2D eigenvalue weighted by Gasteiger charge is -2.13.